The van der Waals surface area contributed by atoms with Crippen LogP contribution in [0.4, 0.5) is 11.4 Å². The molecular formula is C19H19N5O3. The number of methoxy groups -OCH3 is 1. The van der Waals surface area contributed by atoms with Crippen molar-refractivity contribution in [2.24, 2.45) is 0 Å². The van der Waals surface area contributed by atoms with Crippen LogP contribution in [0.3, 0.4) is 0 Å². The first kappa shape index (κ1) is 18.3. The summed E-state index contributed by atoms with van der Waals surface area (Å²) < 4.78 is 4.79. The molecule has 0 fully saturated rings. The molecule has 2 aromatic heterocycles. The molecule has 0 spiro atoms. The van der Waals surface area contributed by atoms with Crippen LogP contribution in [-0.2, 0) is 9.53 Å². The summed E-state index contributed by atoms with van der Waals surface area (Å²) in [5, 5.41) is 12.4. The second-order valence-electron chi connectivity index (χ2n) is 5.85. The number of ether oxygens (including phenoxy) is 1. The van der Waals surface area contributed by atoms with Crippen LogP contribution >= 0.6 is 0 Å². The maximum atomic E-state index is 12.5. The normalized spacial score (nSPS) is 10.4. The second-order valence-corrected chi connectivity index (χ2v) is 5.85. The van der Waals surface area contributed by atoms with Crippen molar-refractivity contribution in [1.29, 1.82) is 0 Å². The number of H-pyrrole nitrogens is 1. The lowest BCUT2D eigenvalue weighted by Crippen LogP contribution is -2.18. The van der Waals surface area contributed by atoms with Crippen molar-refractivity contribution in [2.45, 2.75) is 6.92 Å². The first-order chi connectivity index (χ1) is 13.1. The summed E-state index contributed by atoms with van der Waals surface area (Å²) >= 11 is 0. The van der Waals surface area contributed by atoms with E-state index in [1.165, 1.54) is 7.11 Å². The molecule has 2 heterocycles. The fraction of sp³-hybridized carbons (Fsp3) is 0.158. The standard InChI is InChI=1S/C19H19N5O3/c1-12-6-7-13(21-18(25)11-27-2)9-15(12)22-19(26)17-10-16(23-24-17)14-5-3-4-8-20-14/h3-10H,11H2,1-2H3,(H,21,25)(H,22,26)(H,23,24). The van der Waals surface area contributed by atoms with Gasteiger partial charge in [0.1, 0.15) is 18.0 Å². The molecule has 0 bridgehead atoms. The van der Waals surface area contributed by atoms with E-state index < -0.39 is 0 Å². The molecule has 0 unspecified atom stereocenters. The number of carbonyl (C=O) groups is 2. The van der Waals surface area contributed by atoms with E-state index in [1.807, 2.05) is 31.2 Å². The topological polar surface area (TPSA) is 109 Å². The zero-order chi connectivity index (χ0) is 19.2. The van der Waals surface area contributed by atoms with Crippen molar-refractivity contribution in [2.75, 3.05) is 24.4 Å². The molecule has 0 radical (unpaired) electrons. The van der Waals surface area contributed by atoms with Gasteiger partial charge in [0.05, 0.1) is 5.69 Å². The van der Waals surface area contributed by atoms with E-state index in [4.69, 9.17) is 4.74 Å². The molecule has 8 heteroatoms. The number of anilines is 2. The molecule has 0 saturated heterocycles. The molecule has 8 nitrogen and oxygen atoms in total. The van der Waals surface area contributed by atoms with Crippen LogP contribution in [0.15, 0.2) is 48.7 Å². The van der Waals surface area contributed by atoms with E-state index in [9.17, 15) is 9.59 Å². The first-order valence-electron chi connectivity index (χ1n) is 8.24. The molecule has 1 aromatic carbocycles. The zero-order valence-electron chi connectivity index (χ0n) is 14.9. The molecule has 2 amide bonds. The molecule has 0 aliphatic heterocycles. The molecule has 27 heavy (non-hydrogen) atoms. The third kappa shape index (κ3) is 4.56. The Bertz CT molecular complexity index is 953. The van der Waals surface area contributed by atoms with Gasteiger partial charge in [0.2, 0.25) is 5.91 Å². The molecular weight excluding hydrogens is 346 g/mol. The molecule has 0 atom stereocenters. The Morgan fingerprint density at radius 2 is 1.96 bits per heavy atom. The highest BCUT2D eigenvalue weighted by Gasteiger charge is 2.13. The Balaban J connectivity index is 1.74. The number of pyridine rings is 1. The van der Waals surface area contributed by atoms with Crippen molar-refractivity contribution in [3.8, 4) is 11.4 Å². The van der Waals surface area contributed by atoms with Crippen LogP contribution in [0, 0.1) is 6.92 Å². The summed E-state index contributed by atoms with van der Waals surface area (Å²) in [5.74, 6) is -0.611. The van der Waals surface area contributed by atoms with Crippen LogP contribution in [-0.4, -0.2) is 40.7 Å². The van der Waals surface area contributed by atoms with Crippen molar-refractivity contribution >= 4 is 23.2 Å². The summed E-state index contributed by atoms with van der Waals surface area (Å²) in [6, 6.07) is 12.4. The molecule has 138 valence electrons. The van der Waals surface area contributed by atoms with Gasteiger partial charge in [0.25, 0.3) is 5.91 Å². The Kier molecular flexibility index (Phi) is 5.58. The lowest BCUT2D eigenvalue weighted by Gasteiger charge is -2.11. The number of rotatable bonds is 6. The number of hydrogen-bond acceptors (Lipinski definition) is 5. The Labute approximate surface area is 156 Å². The SMILES string of the molecule is COCC(=O)Nc1ccc(C)c(NC(=O)c2cc(-c3ccccn3)n[nH]2)c1. The number of benzene rings is 1. The molecule has 0 saturated carbocycles. The van der Waals surface area contributed by atoms with E-state index in [2.05, 4.69) is 25.8 Å². The van der Waals surface area contributed by atoms with Gasteiger partial charge in [0, 0.05) is 24.7 Å². The highest BCUT2D eigenvalue weighted by Crippen LogP contribution is 2.22. The predicted octanol–water partition coefficient (Wildman–Crippen LogP) is 2.62. The van der Waals surface area contributed by atoms with Gasteiger partial charge in [-0.1, -0.05) is 12.1 Å². The van der Waals surface area contributed by atoms with Crippen molar-refractivity contribution in [1.82, 2.24) is 15.2 Å². The van der Waals surface area contributed by atoms with Gasteiger partial charge in [-0.2, -0.15) is 5.10 Å². The second kappa shape index (κ2) is 8.24. The van der Waals surface area contributed by atoms with Crippen molar-refractivity contribution in [3.63, 3.8) is 0 Å². The third-order valence-electron chi connectivity index (χ3n) is 3.79. The van der Waals surface area contributed by atoms with Gasteiger partial charge in [-0.15, -0.1) is 0 Å². The molecule has 3 aromatic rings. The third-order valence-corrected chi connectivity index (χ3v) is 3.79. The van der Waals surface area contributed by atoms with Gasteiger partial charge < -0.3 is 15.4 Å². The monoisotopic (exact) mass is 365 g/mol. The van der Waals surface area contributed by atoms with Gasteiger partial charge in [-0.3, -0.25) is 19.7 Å². The smallest absolute Gasteiger partial charge is 0.273 e. The molecule has 0 aliphatic rings. The minimum absolute atomic E-state index is 0.0417. The largest absolute Gasteiger partial charge is 0.375 e. The Hall–Kier alpha value is -3.52. The maximum absolute atomic E-state index is 12.5. The fourth-order valence-corrected chi connectivity index (χ4v) is 2.44. The minimum atomic E-state index is -0.340. The number of amides is 2. The van der Waals surface area contributed by atoms with Crippen LogP contribution in [0.2, 0.25) is 0 Å². The van der Waals surface area contributed by atoms with Gasteiger partial charge in [0.15, 0.2) is 0 Å². The zero-order valence-corrected chi connectivity index (χ0v) is 14.9. The maximum Gasteiger partial charge on any atom is 0.273 e. The summed E-state index contributed by atoms with van der Waals surface area (Å²) in [6.45, 7) is 1.82. The minimum Gasteiger partial charge on any atom is -0.375 e. The highest BCUT2D eigenvalue weighted by atomic mass is 16.5. The molecule has 3 N–H and O–H groups in total. The van der Waals surface area contributed by atoms with Gasteiger partial charge >= 0.3 is 0 Å². The number of nitrogens with zero attached hydrogens (tertiary/aromatic N) is 2. The summed E-state index contributed by atoms with van der Waals surface area (Å²) in [7, 11) is 1.45. The van der Waals surface area contributed by atoms with Gasteiger partial charge in [-0.25, -0.2) is 0 Å². The van der Waals surface area contributed by atoms with Crippen LogP contribution in [0.25, 0.3) is 11.4 Å². The lowest BCUT2D eigenvalue weighted by atomic mass is 10.1. The predicted molar refractivity (Wildman–Crippen MR) is 101 cm³/mol. The number of carbonyl (C=O) groups excluding carboxylic acids is 2. The number of aromatic amines is 1. The lowest BCUT2D eigenvalue weighted by molar-refractivity contribution is -0.119. The average molecular weight is 365 g/mol. The fourth-order valence-electron chi connectivity index (χ4n) is 2.44. The molecule has 3 rings (SSSR count). The Morgan fingerprint density at radius 3 is 2.70 bits per heavy atom. The van der Waals surface area contributed by atoms with Crippen LogP contribution < -0.4 is 10.6 Å². The summed E-state index contributed by atoms with van der Waals surface area (Å²) in [4.78, 5) is 28.4. The highest BCUT2D eigenvalue weighted by molar-refractivity contribution is 6.04. The summed E-state index contributed by atoms with van der Waals surface area (Å²) in [5.41, 5.74) is 3.58. The number of hydrogen-bond donors (Lipinski definition) is 3. The van der Waals surface area contributed by atoms with Crippen molar-refractivity contribution < 1.29 is 14.3 Å². The quantitative estimate of drug-likeness (QED) is 0.622. The van der Waals surface area contributed by atoms with E-state index in [0.717, 1.165) is 5.56 Å². The van der Waals surface area contributed by atoms with E-state index in [0.29, 0.717) is 28.5 Å². The van der Waals surface area contributed by atoms with Crippen LogP contribution in [0.1, 0.15) is 16.1 Å². The first-order valence-corrected chi connectivity index (χ1v) is 8.24. The molecule has 0 aliphatic carbocycles. The summed E-state index contributed by atoms with van der Waals surface area (Å²) in [6.07, 6.45) is 1.66. The van der Waals surface area contributed by atoms with E-state index >= 15 is 0 Å². The number of aromatic nitrogens is 3. The van der Waals surface area contributed by atoms with E-state index in [-0.39, 0.29) is 18.4 Å². The van der Waals surface area contributed by atoms with E-state index in [1.54, 1.807) is 24.4 Å². The van der Waals surface area contributed by atoms with Crippen LogP contribution in [0.5, 0.6) is 0 Å². The van der Waals surface area contributed by atoms with Gasteiger partial charge in [-0.05, 0) is 42.8 Å². The number of nitrogens with one attached hydrogen (secondary N) is 3. The average Bonchev–Trinajstić information content (AvgIpc) is 3.16. The van der Waals surface area contributed by atoms with Crippen molar-refractivity contribution in [3.05, 3.63) is 59.9 Å². The Morgan fingerprint density at radius 1 is 1.11 bits per heavy atom. The number of aryl methyl sites for hydroxylation is 1.